The maximum atomic E-state index is 10.2. The van der Waals surface area contributed by atoms with Gasteiger partial charge in [-0.2, -0.15) is 0 Å². The summed E-state index contributed by atoms with van der Waals surface area (Å²) in [5.74, 6) is -0.436. The van der Waals surface area contributed by atoms with Crippen LogP contribution in [0.1, 0.15) is 5.69 Å². The number of rotatable bonds is 2. The Morgan fingerprint density at radius 2 is 2.50 bits per heavy atom. The quantitative estimate of drug-likeness (QED) is 0.572. The number of nitrogens with two attached hydrogens (primary N) is 1. The van der Waals surface area contributed by atoms with Gasteiger partial charge in [0.25, 0.3) is 0 Å². The molecule has 0 saturated carbocycles. The standard InChI is InChI=1S/C7H8N2O/c8-7(10)4-3-6-2-1-5-9-6/h1-5,9H,(H2,8,10)/b4-3+. The largest absolute Gasteiger partial charge is 0.366 e. The molecule has 52 valence electrons. The number of H-pyrrole nitrogens is 1. The maximum absolute atomic E-state index is 10.2. The lowest BCUT2D eigenvalue weighted by molar-refractivity contribution is -0.113. The van der Waals surface area contributed by atoms with Gasteiger partial charge in [-0.05, 0) is 18.2 Å². The zero-order chi connectivity index (χ0) is 7.40. The molecule has 0 aliphatic rings. The van der Waals surface area contributed by atoms with Gasteiger partial charge in [0.05, 0.1) is 0 Å². The van der Waals surface area contributed by atoms with Crippen molar-refractivity contribution in [1.82, 2.24) is 4.98 Å². The molecule has 0 fully saturated rings. The van der Waals surface area contributed by atoms with Crippen LogP contribution < -0.4 is 5.73 Å². The van der Waals surface area contributed by atoms with Crippen molar-refractivity contribution >= 4 is 12.0 Å². The van der Waals surface area contributed by atoms with Crippen molar-refractivity contribution in [3.8, 4) is 0 Å². The van der Waals surface area contributed by atoms with Gasteiger partial charge in [0.2, 0.25) is 5.91 Å². The first-order chi connectivity index (χ1) is 4.79. The molecular formula is C7H8N2O. The molecule has 0 bridgehead atoms. The van der Waals surface area contributed by atoms with Crippen LogP contribution in [0.4, 0.5) is 0 Å². The molecule has 1 rings (SSSR count). The number of aromatic amines is 1. The number of aromatic nitrogens is 1. The summed E-state index contributed by atoms with van der Waals surface area (Å²) in [4.78, 5) is 13.1. The van der Waals surface area contributed by atoms with Crippen LogP contribution in [-0.2, 0) is 4.79 Å². The molecule has 3 nitrogen and oxygen atoms in total. The molecule has 1 heterocycles. The number of amides is 1. The minimum absolute atomic E-state index is 0.436. The zero-order valence-corrected chi connectivity index (χ0v) is 5.37. The Hall–Kier alpha value is -1.51. The van der Waals surface area contributed by atoms with Gasteiger partial charge in [0, 0.05) is 18.0 Å². The summed E-state index contributed by atoms with van der Waals surface area (Å²) < 4.78 is 0. The highest BCUT2D eigenvalue weighted by atomic mass is 16.1. The molecular weight excluding hydrogens is 128 g/mol. The monoisotopic (exact) mass is 136 g/mol. The summed E-state index contributed by atoms with van der Waals surface area (Å²) in [6.07, 6.45) is 4.72. The smallest absolute Gasteiger partial charge is 0.241 e. The Labute approximate surface area is 58.5 Å². The highest BCUT2D eigenvalue weighted by Crippen LogP contribution is 1.95. The molecule has 3 heteroatoms. The van der Waals surface area contributed by atoms with Gasteiger partial charge in [-0.15, -0.1) is 0 Å². The second-order valence-electron chi connectivity index (χ2n) is 1.86. The summed E-state index contributed by atoms with van der Waals surface area (Å²) in [7, 11) is 0. The zero-order valence-electron chi connectivity index (χ0n) is 5.37. The fraction of sp³-hybridized carbons (Fsp3) is 0. The molecule has 0 aliphatic heterocycles. The molecule has 0 aromatic carbocycles. The maximum Gasteiger partial charge on any atom is 0.241 e. The molecule has 1 amide bonds. The lowest BCUT2D eigenvalue weighted by Crippen LogP contribution is -2.05. The Morgan fingerprint density at radius 1 is 1.70 bits per heavy atom. The summed E-state index contributed by atoms with van der Waals surface area (Å²) in [5.41, 5.74) is 5.74. The van der Waals surface area contributed by atoms with Gasteiger partial charge in [-0.25, -0.2) is 0 Å². The third kappa shape index (κ3) is 1.78. The molecule has 0 saturated heterocycles. The average molecular weight is 136 g/mol. The molecule has 1 aromatic rings. The Bertz CT molecular complexity index is 236. The Kier molecular flexibility index (Phi) is 1.89. The summed E-state index contributed by atoms with van der Waals surface area (Å²) in [6.45, 7) is 0. The minimum atomic E-state index is -0.436. The Balaban J connectivity index is 2.64. The van der Waals surface area contributed by atoms with Crippen LogP contribution in [0.3, 0.4) is 0 Å². The second kappa shape index (κ2) is 2.87. The van der Waals surface area contributed by atoms with Crippen molar-refractivity contribution in [2.45, 2.75) is 0 Å². The molecule has 0 radical (unpaired) electrons. The average Bonchev–Trinajstić information content (AvgIpc) is 2.34. The molecule has 10 heavy (non-hydrogen) atoms. The van der Waals surface area contributed by atoms with Crippen molar-refractivity contribution in [1.29, 1.82) is 0 Å². The number of carbonyl (C=O) groups is 1. The molecule has 0 aliphatic carbocycles. The van der Waals surface area contributed by atoms with Crippen LogP contribution >= 0.6 is 0 Å². The van der Waals surface area contributed by atoms with Gasteiger partial charge < -0.3 is 10.7 Å². The van der Waals surface area contributed by atoms with Crippen LogP contribution in [0.5, 0.6) is 0 Å². The number of nitrogens with one attached hydrogen (secondary N) is 1. The number of hydrogen-bond acceptors (Lipinski definition) is 1. The first-order valence-corrected chi connectivity index (χ1v) is 2.90. The van der Waals surface area contributed by atoms with Gasteiger partial charge >= 0.3 is 0 Å². The van der Waals surface area contributed by atoms with E-state index in [1.165, 1.54) is 6.08 Å². The third-order valence-electron chi connectivity index (χ3n) is 1.05. The molecule has 0 atom stereocenters. The number of hydrogen-bond donors (Lipinski definition) is 2. The normalized spacial score (nSPS) is 10.4. The van der Waals surface area contributed by atoms with Crippen LogP contribution in [0, 0.1) is 0 Å². The Morgan fingerprint density at radius 3 is 3.00 bits per heavy atom. The fourth-order valence-corrected chi connectivity index (χ4v) is 0.620. The number of primary amides is 1. The van der Waals surface area contributed by atoms with Crippen molar-refractivity contribution in [3.05, 3.63) is 30.1 Å². The van der Waals surface area contributed by atoms with E-state index >= 15 is 0 Å². The van der Waals surface area contributed by atoms with Crippen molar-refractivity contribution in [2.24, 2.45) is 5.73 Å². The summed E-state index contributed by atoms with van der Waals surface area (Å²) in [6, 6.07) is 3.69. The van der Waals surface area contributed by atoms with E-state index in [-0.39, 0.29) is 0 Å². The van der Waals surface area contributed by atoms with Crippen molar-refractivity contribution in [2.75, 3.05) is 0 Å². The van der Waals surface area contributed by atoms with E-state index in [0.29, 0.717) is 0 Å². The van der Waals surface area contributed by atoms with E-state index in [4.69, 9.17) is 5.73 Å². The second-order valence-corrected chi connectivity index (χ2v) is 1.86. The van der Waals surface area contributed by atoms with Gasteiger partial charge in [0.1, 0.15) is 0 Å². The van der Waals surface area contributed by atoms with Crippen LogP contribution in [0.25, 0.3) is 6.08 Å². The van der Waals surface area contributed by atoms with Gasteiger partial charge in [-0.1, -0.05) is 0 Å². The summed E-state index contributed by atoms with van der Waals surface area (Å²) in [5, 5.41) is 0. The lowest BCUT2D eigenvalue weighted by atomic mass is 10.4. The predicted octanol–water partition coefficient (Wildman–Crippen LogP) is 0.513. The van der Waals surface area contributed by atoms with E-state index in [1.54, 1.807) is 12.3 Å². The third-order valence-corrected chi connectivity index (χ3v) is 1.05. The SMILES string of the molecule is NC(=O)/C=C/c1ccc[nH]1. The van der Waals surface area contributed by atoms with Crippen LogP contribution in [-0.4, -0.2) is 10.9 Å². The topological polar surface area (TPSA) is 58.9 Å². The molecule has 0 unspecified atom stereocenters. The molecule has 3 N–H and O–H groups in total. The van der Waals surface area contributed by atoms with E-state index < -0.39 is 5.91 Å². The minimum Gasteiger partial charge on any atom is -0.366 e. The molecule has 0 spiro atoms. The first-order valence-electron chi connectivity index (χ1n) is 2.90. The highest BCUT2D eigenvalue weighted by molar-refractivity contribution is 5.89. The van der Waals surface area contributed by atoms with Gasteiger partial charge in [0.15, 0.2) is 0 Å². The van der Waals surface area contributed by atoms with Crippen molar-refractivity contribution in [3.63, 3.8) is 0 Å². The molecule has 1 aromatic heterocycles. The van der Waals surface area contributed by atoms with E-state index in [9.17, 15) is 4.79 Å². The summed E-state index contributed by atoms with van der Waals surface area (Å²) >= 11 is 0. The van der Waals surface area contributed by atoms with Crippen LogP contribution in [0.2, 0.25) is 0 Å². The number of carbonyl (C=O) groups excluding carboxylic acids is 1. The van der Waals surface area contributed by atoms with Gasteiger partial charge in [-0.3, -0.25) is 4.79 Å². The highest BCUT2D eigenvalue weighted by Gasteiger charge is 1.85. The first kappa shape index (κ1) is 6.61. The lowest BCUT2D eigenvalue weighted by Gasteiger charge is -1.81. The van der Waals surface area contributed by atoms with E-state index in [1.807, 2.05) is 12.1 Å². The predicted molar refractivity (Wildman–Crippen MR) is 39.0 cm³/mol. The van der Waals surface area contributed by atoms with E-state index in [0.717, 1.165) is 5.69 Å². The van der Waals surface area contributed by atoms with Crippen LogP contribution in [0.15, 0.2) is 24.4 Å². The fourth-order valence-electron chi connectivity index (χ4n) is 0.620. The van der Waals surface area contributed by atoms with Crippen molar-refractivity contribution < 1.29 is 4.79 Å². The van der Waals surface area contributed by atoms with E-state index in [2.05, 4.69) is 4.98 Å².